The highest BCUT2D eigenvalue weighted by molar-refractivity contribution is 7.17. The summed E-state index contributed by atoms with van der Waals surface area (Å²) in [5, 5.41) is 3.13. The van der Waals surface area contributed by atoms with Gasteiger partial charge in [-0.3, -0.25) is 0 Å². The van der Waals surface area contributed by atoms with Crippen LogP contribution in [0.25, 0.3) is 16.2 Å². The Bertz CT molecular complexity index is 949. The van der Waals surface area contributed by atoms with Gasteiger partial charge in [0.25, 0.3) is 0 Å². The number of benzene rings is 2. The van der Waals surface area contributed by atoms with Gasteiger partial charge in [0.2, 0.25) is 5.75 Å². The van der Waals surface area contributed by atoms with Gasteiger partial charge in [-0.25, -0.2) is 4.79 Å². The van der Waals surface area contributed by atoms with Crippen LogP contribution in [0.3, 0.4) is 0 Å². The zero-order chi connectivity index (χ0) is 19.2. The molecule has 0 aliphatic heterocycles. The summed E-state index contributed by atoms with van der Waals surface area (Å²) in [6.45, 7) is 0.239. The molecule has 0 unspecified atom stereocenters. The van der Waals surface area contributed by atoms with Crippen molar-refractivity contribution in [2.24, 2.45) is 0 Å². The Kier molecular flexibility index (Phi) is 5.98. The summed E-state index contributed by atoms with van der Waals surface area (Å²) in [5.41, 5.74) is 1.74. The van der Waals surface area contributed by atoms with E-state index in [2.05, 4.69) is 6.07 Å². The van der Waals surface area contributed by atoms with Crippen LogP contribution in [0.4, 0.5) is 0 Å². The van der Waals surface area contributed by atoms with Crippen LogP contribution < -0.4 is 14.2 Å². The van der Waals surface area contributed by atoms with E-state index in [1.165, 1.54) is 10.8 Å². The summed E-state index contributed by atoms with van der Waals surface area (Å²) in [7, 11) is 4.63. The van der Waals surface area contributed by atoms with Gasteiger partial charge in [0.1, 0.15) is 6.61 Å². The van der Waals surface area contributed by atoms with E-state index in [1.54, 1.807) is 50.9 Å². The van der Waals surface area contributed by atoms with Crippen molar-refractivity contribution in [2.75, 3.05) is 21.3 Å². The molecule has 140 valence electrons. The summed E-state index contributed by atoms with van der Waals surface area (Å²) in [6, 6.07) is 11.6. The lowest BCUT2D eigenvalue weighted by atomic mass is 10.1. The molecule has 0 fully saturated rings. The highest BCUT2D eigenvalue weighted by atomic mass is 32.1. The van der Waals surface area contributed by atoms with E-state index in [-0.39, 0.29) is 6.61 Å². The first kappa shape index (κ1) is 18.8. The van der Waals surface area contributed by atoms with E-state index >= 15 is 0 Å². The van der Waals surface area contributed by atoms with Gasteiger partial charge in [-0.1, -0.05) is 18.2 Å². The van der Waals surface area contributed by atoms with Gasteiger partial charge in [0.15, 0.2) is 11.5 Å². The maximum absolute atomic E-state index is 12.1. The molecule has 0 bridgehead atoms. The van der Waals surface area contributed by atoms with Gasteiger partial charge < -0.3 is 18.9 Å². The largest absolute Gasteiger partial charge is 0.493 e. The first-order chi connectivity index (χ1) is 13.2. The molecule has 3 rings (SSSR count). The quantitative estimate of drug-likeness (QED) is 0.437. The Balaban J connectivity index is 1.69. The summed E-state index contributed by atoms with van der Waals surface area (Å²) >= 11 is 1.64. The maximum Gasteiger partial charge on any atom is 0.331 e. The van der Waals surface area contributed by atoms with Gasteiger partial charge in [-0.15, -0.1) is 11.3 Å². The molecule has 0 atom stereocenters. The molecule has 0 spiro atoms. The minimum absolute atomic E-state index is 0.239. The number of esters is 1. The fraction of sp³-hybridized carbons (Fsp3) is 0.190. The molecule has 3 aromatic rings. The van der Waals surface area contributed by atoms with Gasteiger partial charge in [0, 0.05) is 16.3 Å². The van der Waals surface area contributed by atoms with Crippen molar-refractivity contribution in [3.05, 3.63) is 59.0 Å². The van der Waals surface area contributed by atoms with Crippen LogP contribution in [0.5, 0.6) is 17.2 Å². The number of rotatable bonds is 7. The van der Waals surface area contributed by atoms with Gasteiger partial charge in [0.05, 0.1) is 21.3 Å². The van der Waals surface area contributed by atoms with Gasteiger partial charge in [-0.2, -0.15) is 0 Å². The molecule has 0 amide bonds. The van der Waals surface area contributed by atoms with Crippen molar-refractivity contribution in [3.63, 3.8) is 0 Å². The molecule has 2 aromatic carbocycles. The maximum atomic E-state index is 12.1. The lowest BCUT2D eigenvalue weighted by Crippen LogP contribution is -2.00. The zero-order valence-corrected chi connectivity index (χ0v) is 16.2. The number of methoxy groups -OCH3 is 3. The average molecular weight is 384 g/mol. The third kappa shape index (κ3) is 4.23. The number of thiophene rings is 1. The van der Waals surface area contributed by atoms with Crippen molar-refractivity contribution in [3.8, 4) is 17.2 Å². The second kappa shape index (κ2) is 8.60. The number of carbonyl (C=O) groups excluding carboxylic acids is 1. The molecule has 0 N–H and O–H groups in total. The fourth-order valence-electron chi connectivity index (χ4n) is 2.70. The second-order valence-corrected chi connectivity index (χ2v) is 6.57. The fourth-order valence-corrected chi connectivity index (χ4v) is 3.65. The first-order valence-electron chi connectivity index (χ1n) is 8.26. The lowest BCUT2D eigenvalue weighted by Gasteiger charge is -2.12. The van der Waals surface area contributed by atoms with E-state index < -0.39 is 5.97 Å². The second-order valence-electron chi connectivity index (χ2n) is 5.66. The summed E-state index contributed by atoms with van der Waals surface area (Å²) < 4.78 is 22.5. The Morgan fingerprint density at radius 3 is 2.41 bits per heavy atom. The van der Waals surface area contributed by atoms with Gasteiger partial charge in [-0.05, 0) is 40.6 Å². The van der Waals surface area contributed by atoms with E-state index in [1.807, 2.05) is 23.6 Å². The monoisotopic (exact) mass is 384 g/mol. The smallest absolute Gasteiger partial charge is 0.331 e. The topological polar surface area (TPSA) is 54.0 Å². The van der Waals surface area contributed by atoms with E-state index in [9.17, 15) is 4.79 Å². The number of carbonyl (C=O) groups is 1. The molecular weight excluding hydrogens is 364 g/mol. The Hall–Kier alpha value is -2.99. The van der Waals surface area contributed by atoms with Crippen molar-refractivity contribution in [1.29, 1.82) is 0 Å². The third-order valence-corrected chi connectivity index (χ3v) is 5.04. The Morgan fingerprint density at radius 1 is 1.04 bits per heavy atom. The summed E-state index contributed by atoms with van der Waals surface area (Å²) in [6.07, 6.45) is 3.04. The van der Waals surface area contributed by atoms with Crippen molar-refractivity contribution < 1.29 is 23.7 Å². The SMILES string of the molecule is COc1cc(/C=C/C(=O)OCc2csc3ccccc23)cc(OC)c1OC. The first-order valence-corrected chi connectivity index (χ1v) is 9.14. The lowest BCUT2D eigenvalue weighted by molar-refractivity contribution is -0.138. The summed E-state index contributed by atoms with van der Waals surface area (Å²) in [5.74, 6) is 1.13. The van der Waals surface area contributed by atoms with Crippen LogP contribution in [-0.4, -0.2) is 27.3 Å². The van der Waals surface area contributed by atoms with E-state index in [0.29, 0.717) is 17.2 Å². The summed E-state index contributed by atoms with van der Waals surface area (Å²) in [4.78, 5) is 12.1. The predicted octanol–water partition coefficient (Wildman–Crippen LogP) is 4.68. The zero-order valence-electron chi connectivity index (χ0n) is 15.4. The highest BCUT2D eigenvalue weighted by Crippen LogP contribution is 2.38. The number of hydrogen-bond donors (Lipinski definition) is 0. The molecule has 5 nitrogen and oxygen atoms in total. The van der Waals surface area contributed by atoms with Crippen molar-refractivity contribution >= 4 is 33.5 Å². The molecule has 0 aliphatic carbocycles. The molecule has 0 saturated carbocycles. The molecule has 1 aromatic heterocycles. The normalized spacial score (nSPS) is 10.9. The predicted molar refractivity (Wildman–Crippen MR) is 107 cm³/mol. The van der Waals surface area contributed by atoms with Crippen LogP contribution >= 0.6 is 11.3 Å². The van der Waals surface area contributed by atoms with Gasteiger partial charge >= 0.3 is 5.97 Å². The van der Waals surface area contributed by atoms with Crippen LogP contribution in [0.2, 0.25) is 0 Å². The molecular formula is C21H20O5S. The van der Waals surface area contributed by atoms with E-state index in [4.69, 9.17) is 18.9 Å². The minimum Gasteiger partial charge on any atom is -0.493 e. The van der Waals surface area contributed by atoms with E-state index in [0.717, 1.165) is 16.5 Å². The Labute approximate surface area is 161 Å². The third-order valence-electron chi connectivity index (χ3n) is 4.03. The van der Waals surface area contributed by atoms with Crippen LogP contribution in [0, 0.1) is 0 Å². The van der Waals surface area contributed by atoms with Crippen molar-refractivity contribution in [1.82, 2.24) is 0 Å². The molecule has 0 saturated heterocycles. The average Bonchev–Trinajstić information content (AvgIpc) is 3.12. The standard InChI is InChI=1S/C21H20O5S/c1-23-17-10-14(11-18(24-2)21(17)25-3)8-9-20(22)26-12-15-13-27-19-7-5-4-6-16(15)19/h4-11,13H,12H2,1-3H3/b9-8+. The molecule has 0 radical (unpaired) electrons. The van der Waals surface area contributed by atoms with Crippen LogP contribution in [0.1, 0.15) is 11.1 Å². The van der Waals surface area contributed by atoms with Crippen molar-refractivity contribution in [2.45, 2.75) is 6.61 Å². The molecule has 0 aliphatic rings. The van der Waals surface area contributed by atoms with Crippen LogP contribution in [0.15, 0.2) is 47.9 Å². The number of fused-ring (bicyclic) bond motifs is 1. The molecule has 6 heteroatoms. The highest BCUT2D eigenvalue weighted by Gasteiger charge is 2.12. The number of ether oxygens (including phenoxy) is 4. The molecule has 27 heavy (non-hydrogen) atoms. The number of hydrogen-bond acceptors (Lipinski definition) is 6. The Morgan fingerprint density at radius 2 is 1.74 bits per heavy atom. The van der Waals surface area contributed by atoms with Crippen LogP contribution in [-0.2, 0) is 16.1 Å². The minimum atomic E-state index is -0.418. The molecule has 1 heterocycles.